The number of nitrogens with zero attached hydrogens (tertiary/aromatic N) is 1. The molecular formula is C14H25N3OS. The second kappa shape index (κ2) is 9.81. The summed E-state index contributed by atoms with van der Waals surface area (Å²) in [5.74, 6) is 0.880. The second-order valence-corrected chi connectivity index (χ2v) is 5.44. The normalized spacial score (nSPS) is 11.6. The highest BCUT2D eigenvalue weighted by Crippen LogP contribution is 2.17. The highest BCUT2D eigenvalue weighted by atomic mass is 32.1. The first-order chi connectivity index (χ1) is 9.30. The third-order valence-corrected chi connectivity index (χ3v) is 3.83. The van der Waals surface area contributed by atoms with Crippen LogP contribution in [0.15, 0.2) is 17.1 Å². The van der Waals surface area contributed by atoms with E-state index in [0.717, 1.165) is 45.0 Å². The Labute approximate surface area is 120 Å². The fourth-order valence-corrected chi connectivity index (χ4v) is 2.50. The minimum atomic E-state index is 0.740. The minimum absolute atomic E-state index is 0.740. The number of guanidine groups is 1. The molecule has 19 heavy (non-hydrogen) atoms. The monoisotopic (exact) mass is 283 g/mol. The molecule has 0 radical (unpaired) electrons. The molecule has 2 N–H and O–H groups in total. The number of thiophene rings is 1. The van der Waals surface area contributed by atoms with Crippen LogP contribution >= 0.6 is 11.3 Å². The molecule has 0 saturated heterocycles. The maximum atomic E-state index is 5.03. The number of nitrogens with one attached hydrogen (secondary N) is 2. The van der Waals surface area contributed by atoms with Crippen LogP contribution in [-0.2, 0) is 17.7 Å². The topological polar surface area (TPSA) is 45.7 Å². The van der Waals surface area contributed by atoms with E-state index in [1.165, 1.54) is 9.75 Å². The standard InChI is InChI=1S/C14H25N3OS/c1-4-12-7-8-13(19-12)11-17-14(15-5-2)16-9-6-10-18-3/h7-8H,4-6,9-11H2,1-3H3,(H2,15,16,17). The molecule has 0 amide bonds. The van der Waals surface area contributed by atoms with Gasteiger partial charge in [0.1, 0.15) is 0 Å². The van der Waals surface area contributed by atoms with Crippen LogP contribution in [0.2, 0.25) is 0 Å². The van der Waals surface area contributed by atoms with E-state index in [1.807, 2.05) is 11.3 Å². The van der Waals surface area contributed by atoms with Crippen molar-refractivity contribution >= 4 is 17.3 Å². The molecule has 1 aromatic rings. The molecule has 1 aromatic heterocycles. The molecular weight excluding hydrogens is 258 g/mol. The Hall–Kier alpha value is -1.07. The quantitative estimate of drug-likeness (QED) is 0.437. The third-order valence-electron chi connectivity index (χ3n) is 2.62. The Kier molecular flexibility index (Phi) is 8.25. The molecule has 5 heteroatoms. The average molecular weight is 283 g/mol. The molecule has 0 fully saturated rings. The van der Waals surface area contributed by atoms with Crippen LogP contribution in [0.1, 0.15) is 30.0 Å². The Morgan fingerprint density at radius 1 is 1.26 bits per heavy atom. The van der Waals surface area contributed by atoms with E-state index in [-0.39, 0.29) is 0 Å². The zero-order valence-corrected chi connectivity index (χ0v) is 13.0. The largest absolute Gasteiger partial charge is 0.385 e. The van der Waals surface area contributed by atoms with E-state index in [4.69, 9.17) is 4.74 Å². The first-order valence-electron chi connectivity index (χ1n) is 6.88. The first-order valence-corrected chi connectivity index (χ1v) is 7.70. The average Bonchev–Trinajstić information content (AvgIpc) is 2.88. The zero-order valence-electron chi connectivity index (χ0n) is 12.2. The summed E-state index contributed by atoms with van der Waals surface area (Å²) in [7, 11) is 1.72. The van der Waals surface area contributed by atoms with Gasteiger partial charge in [-0.1, -0.05) is 6.92 Å². The van der Waals surface area contributed by atoms with Crippen molar-refractivity contribution in [3.05, 3.63) is 21.9 Å². The highest BCUT2D eigenvalue weighted by Gasteiger charge is 2.00. The molecule has 0 unspecified atom stereocenters. The van der Waals surface area contributed by atoms with E-state index in [9.17, 15) is 0 Å². The summed E-state index contributed by atoms with van der Waals surface area (Å²) in [6.07, 6.45) is 2.09. The molecule has 1 heterocycles. The van der Waals surface area contributed by atoms with Crippen LogP contribution < -0.4 is 10.6 Å². The van der Waals surface area contributed by atoms with Gasteiger partial charge in [0, 0.05) is 36.6 Å². The van der Waals surface area contributed by atoms with Crippen LogP contribution in [0.4, 0.5) is 0 Å². The maximum absolute atomic E-state index is 5.03. The van der Waals surface area contributed by atoms with Gasteiger partial charge in [-0.05, 0) is 31.9 Å². The van der Waals surface area contributed by atoms with E-state index in [0.29, 0.717) is 0 Å². The fraction of sp³-hybridized carbons (Fsp3) is 0.643. The van der Waals surface area contributed by atoms with Gasteiger partial charge in [0.25, 0.3) is 0 Å². The number of rotatable bonds is 8. The van der Waals surface area contributed by atoms with Gasteiger partial charge in [0.05, 0.1) is 6.54 Å². The summed E-state index contributed by atoms with van der Waals surface area (Å²) < 4.78 is 5.03. The Morgan fingerprint density at radius 3 is 2.68 bits per heavy atom. The van der Waals surface area contributed by atoms with E-state index in [1.54, 1.807) is 7.11 Å². The van der Waals surface area contributed by atoms with Crippen molar-refractivity contribution in [3.63, 3.8) is 0 Å². The van der Waals surface area contributed by atoms with Crippen LogP contribution in [0.25, 0.3) is 0 Å². The van der Waals surface area contributed by atoms with Crippen molar-refractivity contribution in [2.45, 2.75) is 33.2 Å². The van der Waals surface area contributed by atoms with Crippen molar-refractivity contribution < 1.29 is 4.74 Å². The molecule has 108 valence electrons. The number of aryl methyl sites for hydroxylation is 1. The number of hydrogen-bond acceptors (Lipinski definition) is 3. The summed E-state index contributed by atoms with van der Waals surface area (Å²) in [6, 6.07) is 4.36. The SMILES string of the molecule is CCNC(=NCc1ccc(CC)s1)NCCCOC. The van der Waals surface area contributed by atoms with Gasteiger partial charge in [0.2, 0.25) is 0 Å². The van der Waals surface area contributed by atoms with Crippen molar-refractivity contribution in [1.82, 2.24) is 10.6 Å². The zero-order chi connectivity index (χ0) is 13.9. The molecule has 0 saturated carbocycles. The van der Waals surface area contributed by atoms with Gasteiger partial charge in [-0.15, -0.1) is 11.3 Å². The Morgan fingerprint density at radius 2 is 2.05 bits per heavy atom. The van der Waals surface area contributed by atoms with Gasteiger partial charge in [-0.2, -0.15) is 0 Å². The highest BCUT2D eigenvalue weighted by molar-refractivity contribution is 7.11. The predicted octanol–water partition coefficient (Wildman–Crippen LogP) is 2.40. The number of ether oxygens (including phenoxy) is 1. The molecule has 0 aliphatic rings. The lowest BCUT2D eigenvalue weighted by Crippen LogP contribution is -2.38. The Bertz CT molecular complexity index is 377. The van der Waals surface area contributed by atoms with Crippen molar-refractivity contribution in [2.24, 2.45) is 4.99 Å². The number of hydrogen-bond donors (Lipinski definition) is 2. The maximum Gasteiger partial charge on any atom is 0.191 e. The van der Waals surface area contributed by atoms with Crippen LogP contribution in [0.5, 0.6) is 0 Å². The molecule has 0 atom stereocenters. The lowest BCUT2D eigenvalue weighted by Gasteiger charge is -2.10. The van der Waals surface area contributed by atoms with Gasteiger partial charge in [0.15, 0.2) is 5.96 Å². The molecule has 0 aromatic carbocycles. The van der Waals surface area contributed by atoms with Gasteiger partial charge in [-0.25, -0.2) is 4.99 Å². The fourth-order valence-electron chi connectivity index (χ4n) is 1.62. The van der Waals surface area contributed by atoms with Crippen LogP contribution in [0.3, 0.4) is 0 Å². The second-order valence-electron chi connectivity index (χ2n) is 4.19. The number of methoxy groups -OCH3 is 1. The molecule has 0 aliphatic carbocycles. The summed E-state index contributed by atoms with van der Waals surface area (Å²) in [5.41, 5.74) is 0. The van der Waals surface area contributed by atoms with Crippen molar-refractivity contribution in [1.29, 1.82) is 0 Å². The van der Waals surface area contributed by atoms with Gasteiger partial charge >= 0.3 is 0 Å². The van der Waals surface area contributed by atoms with Crippen molar-refractivity contribution in [2.75, 3.05) is 26.8 Å². The van der Waals surface area contributed by atoms with E-state index >= 15 is 0 Å². The first kappa shape index (κ1) is 16.0. The lowest BCUT2D eigenvalue weighted by molar-refractivity contribution is 0.195. The molecule has 1 rings (SSSR count). The number of aliphatic imine (C=N–C) groups is 1. The smallest absolute Gasteiger partial charge is 0.191 e. The summed E-state index contributed by atoms with van der Waals surface area (Å²) in [6.45, 7) is 7.53. The van der Waals surface area contributed by atoms with Gasteiger partial charge in [-0.3, -0.25) is 0 Å². The molecule has 0 bridgehead atoms. The van der Waals surface area contributed by atoms with E-state index in [2.05, 4.69) is 41.6 Å². The van der Waals surface area contributed by atoms with Crippen LogP contribution in [-0.4, -0.2) is 32.8 Å². The summed E-state index contributed by atoms with van der Waals surface area (Å²) in [5, 5.41) is 6.56. The van der Waals surface area contributed by atoms with E-state index < -0.39 is 0 Å². The third kappa shape index (κ3) is 6.59. The van der Waals surface area contributed by atoms with Gasteiger partial charge < -0.3 is 15.4 Å². The van der Waals surface area contributed by atoms with Crippen LogP contribution in [0, 0.1) is 0 Å². The summed E-state index contributed by atoms with van der Waals surface area (Å²) in [4.78, 5) is 7.32. The van der Waals surface area contributed by atoms with Crippen molar-refractivity contribution in [3.8, 4) is 0 Å². The minimum Gasteiger partial charge on any atom is -0.385 e. The summed E-state index contributed by atoms with van der Waals surface area (Å²) >= 11 is 1.84. The predicted molar refractivity (Wildman–Crippen MR) is 83.0 cm³/mol. The lowest BCUT2D eigenvalue weighted by atomic mass is 10.4. The molecule has 0 aliphatic heterocycles. The molecule has 4 nitrogen and oxygen atoms in total. The molecule has 0 spiro atoms. The Balaban J connectivity index is 2.42.